The SMILES string of the molecule is CC(C)C[S+]([O-])N=C1CCc2c(C(=O)OCc3ccccc3)cccc21. The summed E-state index contributed by atoms with van der Waals surface area (Å²) in [7, 11) is 0. The van der Waals surface area contributed by atoms with Crippen molar-refractivity contribution < 1.29 is 14.1 Å². The maximum atomic E-state index is 12.5. The molecule has 136 valence electrons. The largest absolute Gasteiger partial charge is 0.591 e. The highest BCUT2D eigenvalue weighted by atomic mass is 32.2. The third kappa shape index (κ3) is 4.54. The molecule has 0 aromatic heterocycles. The van der Waals surface area contributed by atoms with Crippen LogP contribution in [0.5, 0.6) is 0 Å². The Morgan fingerprint density at radius 1 is 1.15 bits per heavy atom. The lowest BCUT2D eigenvalue weighted by atomic mass is 10.0. The van der Waals surface area contributed by atoms with E-state index in [4.69, 9.17) is 4.74 Å². The van der Waals surface area contributed by atoms with Crippen LogP contribution in [0.25, 0.3) is 0 Å². The predicted molar refractivity (Wildman–Crippen MR) is 105 cm³/mol. The number of rotatable bonds is 6. The van der Waals surface area contributed by atoms with Gasteiger partial charge in [-0.25, -0.2) is 4.79 Å². The van der Waals surface area contributed by atoms with E-state index in [1.54, 1.807) is 6.07 Å². The van der Waals surface area contributed by atoms with Crippen molar-refractivity contribution in [1.29, 1.82) is 0 Å². The van der Waals surface area contributed by atoms with Gasteiger partial charge in [-0.1, -0.05) is 60.7 Å². The van der Waals surface area contributed by atoms with E-state index in [2.05, 4.69) is 4.40 Å². The van der Waals surface area contributed by atoms with E-state index >= 15 is 0 Å². The van der Waals surface area contributed by atoms with E-state index in [0.29, 0.717) is 23.7 Å². The fourth-order valence-electron chi connectivity index (χ4n) is 3.04. The smallest absolute Gasteiger partial charge is 0.338 e. The van der Waals surface area contributed by atoms with Crippen LogP contribution in [-0.4, -0.2) is 22.0 Å². The molecule has 1 aliphatic rings. The zero-order valence-corrected chi connectivity index (χ0v) is 15.9. The van der Waals surface area contributed by atoms with Crippen molar-refractivity contribution in [3.63, 3.8) is 0 Å². The summed E-state index contributed by atoms with van der Waals surface area (Å²) in [5.41, 5.74) is 4.25. The number of carbonyl (C=O) groups is 1. The minimum atomic E-state index is -1.22. The summed E-state index contributed by atoms with van der Waals surface area (Å²) >= 11 is -1.22. The van der Waals surface area contributed by atoms with Crippen molar-refractivity contribution in [1.82, 2.24) is 0 Å². The normalized spacial score (nSPS) is 15.9. The molecule has 0 spiro atoms. The van der Waals surface area contributed by atoms with Crippen LogP contribution in [0, 0.1) is 5.92 Å². The van der Waals surface area contributed by atoms with Gasteiger partial charge < -0.3 is 9.29 Å². The molecule has 0 saturated heterocycles. The van der Waals surface area contributed by atoms with Gasteiger partial charge in [0.2, 0.25) is 0 Å². The van der Waals surface area contributed by atoms with E-state index in [-0.39, 0.29) is 12.6 Å². The maximum Gasteiger partial charge on any atom is 0.338 e. The van der Waals surface area contributed by atoms with Crippen LogP contribution in [0.1, 0.15) is 47.3 Å². The lowest BCUT2D eigenvalue weighted by Gasteiger charge is -2.09. The zero-order chi connectivity index (χ0) is 18.5. The fraction of sp³-hybridized carbons (Fsp3) is 0.333. The molecule has 0 bridgehead atoms. The van der Waals surface area contributed by atoms with Gasteiger partial charge in [0, 0.05) is 11.5 Å². The summed E-state index contributed by atoms with van der Waals surface area (Å²) in [6.45, 7) is 4.31. The topological polar surface area (TPSA) is 61.7 Å². The molecule has 0 amide bonds. The van der Waals surface area contributed by atoms with Gasteiger partial charge in [-0.05, 0) is 30.0 Å². The van der Waals surface area contributed by atoms with Crippen LogP contribution in [0.15, 0.2) is 52.9 Å². The van der Waals surface area contributed by atoms with Crippen LogP contribution < -0.4 is 0 Å². The summed E-state index contributed by atoms with van der Waals surface area (Å²) < 4.78 is 22.0. The maximum absolute atomic E-state index is 12.5. The standard InChI is InChI=1S/C21H23NO3S/c1-15(2)14-26(24)22-20-12-11-17-18(20)9-6-10-19(17)21(23)25-13-16-7-4-3-5-8-16/h3-10,15H,11-14H2,1-2H3. The monoisotopic (exact) mass is 369 g/mol. The summed E-state index contributed by atoms with van der Waals surface area (Å²) in [6.07, 6.45) is 1.44. The van der Waals surface area contributed by atoms with Crippen LogP contribution >= 0.6 is 0 Å². The highest BCUT2D eigenvalue weighted by Gasteiger charge is 2.26. The molecule has 0 radical (unpaired) electrons. The van der Waals surface area contributed by atoms with Crippen LogP contribution in [0.3, 0.4) is 0 Å². The van der Waals surface area contributed by atoms with Crippen molar-refractivity contribution in [2.75, 3.05) is 5.75 Å². The van der Waals surface area contributed by atoms with Crippen molar-refractivity contribution in [2.24, 2.45) is 10.3 Å². The quantitative estimate of drug-likeness (QED) is 0.569. The van der Waals surface area contributed by atoms with Crippen LogP contribution in [0.2, 0.25) is 0 Å². The molecule has 2 aromatic carbocycles. The third-order valence-corrected chi connectivity index (χ3v) is 5.60. The van der Waals surface area contributed by atoms with Gasteiger partial charge >= 0.3 is 5.97 Å². The molecule has 0 N–H and O–H groups in total. The van der Waals surface area contributed by atoms with Gasteiger partial charge in [-0.2, -0.15) is 0 Å². The molecule has 0 aliphatic heterocycles. The van der Waals surface area contributed by atoms with E-state index in [1.165, 1.54) is 0 Å². The first-order valence-electron chi connectivity index (χ1n) is 8.84. The van der Waals surface area contributed by atoms with E-state index in [0.717, 1.165) is 28.8 Å². The summed E-state index contributed by atoms with van der Waals surface area (Å²) in [5, 5.41) is 0. The third-order valence-electron chi connectivity index (χ3n) is 4.22. The van der Waals surface area contributed by atoms with E-state index < -0.39 is 11.4 Å². The molecular weight excluding hydrogens is 346 g/mol. The van der Waals surface area contributed by atoms with Crippen molar-refractivity contribution in [2.45, 2.75) is 33.3 Å². The number of carbonyl (C=O) groups excluding carboxylic acids is 1. The number of benzene rings is 2. The predicted octanol–water partition coefficient (Wildman–Crippen LogP) is 4.10. The average Bonchev–Trinajstić information content (AvgIpc) is 3.03. The molecule has 5 heteroatoms. The van der Waals surface area contributed by atoms with Gasteiger partial charge in [0.25, 0.3) is 0 Å². The zero-order valence-electron chi connectivity index (χ0n) is 15.1. The first-order valence-corrected chi connectivity index (χ1v) is 10.1. The highest BCUT2D eigenvalue weighted by molar-refractivity contribution is 7.90. The van der Waals surface area contributed by atoms with Gasteiger partial charge in [0.15, 0.2) is 0 Å². The molecule has 1 atom stereocenters. The first-order chi connectivity index (χ1) is 12.5. The Kier molecular flexibility index (Phi) is 6.12. The number of ether oxygens (including phenoxy) is 1. The number of fused-ring (bicyclic) bond motifs is 1. The Balaban J connectivity index is 1.75. The molecule has 1 aliphatic carbocycles. The van der Waals surface area contributed by atoms with Crippen molar-refractivity contribution in [3.05, 3.63) is 70.8 Å². The minimum absolute atomic E-state index is 0.253. The van der Waals surface area contributed by atoms with Crippen molar-refractivity contribution in [3.8, 4) is 0 Å². The molecule has 4 nitrogen and oxygen atoms in total. The molecule has 2 aromatic rings. The molecule has 1 unspecified atom stereocenters. The first kappa shape index (κ1) is 18.7. The van der Waals surface area contributed by atoms with Gasteiger partial charge in [0.05, 0.1) is 22.6 Å². The highest BCUT2D eigenvalue weighted by Crippen LogP contribution is 2.27. The van der Waals surface area contributed by atoms with Crippen LogP contribution in [-0.2, 0) is 29.1 Å². The molecule has 3 rings (SSSR count). The second-order valence-electron chi connectivity index (χ2n) is 6.81. The number of nitrogens with zero attached hydrogens (tertiary/aromatic N) is 1. The molecule has 26 heavy (non-hydrogen) atoms. The van der Waals surface area contributed by atoms with Gasteiger partial charge in [0.1, 0.15) is 12.4 Å². The Hall–Kier alpha value is -2.11. The average molecular weight is 369 g/mol. The second-order valence-corrected chi connectivity index (χ2v) is 7.97. The Labute approximate surface area is 157 Å². The molecular formula is C21H23NO3S. The second kappa shape index (κ2) is 8.52. The minimum Gasteiger partial charge on any atom is -0.591 e. The Morgan fingerprint density at radius 2 is 1.92 bits per heavy atom. The lowest BCUT2D eigenvalue weighted by molar-refractivity contribution is 0.0471. The summed E-state index contributed by atoms with van der Waals surface area (Å²) in [4.78, 5) is 12.5. The number of hydrogen-bond donors (Lipinski definition) is 0. The van der Waals surface area contributed by atoms with Crippen molar-refractivity contribution >= 4 is 23.0 Å². The van der Waals surface area contributed by atoms with Gasteiger partial charge in [-0.15, -0.1) is 0 Å². The fourth-order valence-corrected chi connectivity index (χ4v) is 4.12. The summed E-state index contributed by atoms with van der Waals surface area (Å²) in [5.74, 6) is 0.563. The Morgan fingerprint density at radius 3 is 2.65 bits per heavy atom. The Bertz CT molecular complexity index is 802. The van der Waals surface area contributed by atoms with Crippen LogP contribution in [0.4, 0.5) is 0 Å². The molecule has 0 saturated carbocycles. The lowest BCUT2D eigenvalue weighted by Crippen LogP contribution is -2.12. The van der Waals surface area contributed by atoms with E-state index in [1.807, 2.05) is 56.3 Å². The number of hydrogen-bond acceptors (Lipinski definition) is 4. The molecule has 0 fully saturated rings. The number of esters is 1. The van der Waals surface area contributed by atoms with Gasteiger partial charge in [-0.3, -0.25) is 0 Å². The molecule has 0 heterocycles. The summed E-state index contributed by atoms with van der Waals surface area (Å²) in [6, 6.07) is 15.2. The van der Waals surface area contributed by atoms with E-state index in [9.17, 15) is 9.35 Å².